The molecule has 32 heavy (non-hydrogen) atoms. The van der Waals surface area contributed by atoms with Crippen LogP contribution in [-0.2, 0) is 0 Å². The Bertz CT molecular complexity index is 1280. The molecule has 6 heteroatoms. The lowest BCUT2D eigenvalue weighted by atomic mass is 10.0. The fraction of sp³-hybridized carbons (Fsp3) is 0.154. The van der Waals surface area contributed by atoms with Crippen molar-refractivity contribution in [2.75, 3.05) is 12.4 Å². The first-order valence-corrected chi connectivity index (χ1v) is 10.5. The highest BCUT2D eigenvalue weighted by molar-refractivity contribution is 6.08. The zero-order valence-electron chi connectivity index (χ0n) is 18.2. The highest BCUT2D eigenvalue weighted by atomic mass is 16.1. The third-order valence-electron chi connectivity index (χ3n) is 5.26. The lowest BCUT2D eigenvalue weighted by Gasteiger charge is -2.15. The van der Waals surface area contributed by atoms with Crippen molar-refractivity contribution in [1.29, 1.82) is 0 Å². The number of para-hydroxylation sites is 1. The third kappa shape index (κ3) is 4.21. The molecule has 0 atom stereocenters. The largest absolute Gasteiger partial charge is 0.355 e. The van der Waals surface area contributed by atoms with Gasteiger partial charge in [0, 0.05) is 42.0 Å². The number of pyridine rings is 2. The third-order valence-corrected chi connectivity index (χ3v) is 5.26. The Morgan fingerprint density at radius 2 is 1.62 bits per heavy atom. The van der Waals surface area contributed by atoms with Gasteiger partial charge in [-0.3, -0.25) is 19.6 Å². The topological polar surface area (TPSA) is 84.0 Å². The average molecular weight is 425 g/mol. The maximum absolute atomic E-state index is 12.5. The first kappa shape index (κ1) is 21.2. The molecule has 6 nitrogen and oxygen atoms in total. The summed E-state index contributed by atoms with van der Waals surface area (Å²) in [5, 5.41) is 6.88. The first-order chi connectivity index (χ1) is 15.5. The predicted octanol–water partition coefficient (Wildman–Crippen LogP) is 5.24. The predicted molar refractivity (Wildman–Crippen MR) is 127 cm³/mol. The molecule has 4 aromatic rings. The van der Waals surface area contributed by atoms with E-state index in [1.165, 1.54) is 0 Å². The monoisotopic (exact) mass is 424 g/mol. The molecule has 160 valence electrons. The fourth-order valence-corrected chi connectivity index (χ4v) is 3.49. The number of rotatable bonds is 6. The van der Waals surface area contributed by atoms with E-state index < -0.39 is 0 Å². The van der Waals surface area contributed by atoms with Gasteiger partial charge in [-0.2, -0.15) is 0 Å². The van der Waals surface area contributed by atoms with E-state index in [1.807, 2.05) is 68.4 Å². The number of Topliss-reactive ketones (excluding diaryl/α,β-unsaturated/α-hetero) is 1. The van der Waals surface area contributed by atoms with Crippen LogP contribution in [0.2, 0.25) is 0 Å². The summed E-state index contributed by atoms with van der Waals surface area (Å²) in [5.41, 5.74) is 5.02. The Hall–Kier alpha value is -4.06. The van der Waals surface area contributed by atoms with Crippen LogP contribution in [-0.4, -0.2) is 28.7 Å². The number of nitrogens with zero attached hydrogens (tertiary/aromatic N) is 2. The maximum atomic E-state index is 12.5. The Kier molecular flexibility index (Phi) is 5.94. The van der Waals surface area contributed by atoms with Gasteiger partial charge in [-0.15, -0.1) is 0 Å². The Labute approximate surface area is 186 Å². The normalized spacial score (nSPS) is 10.9. The first-order valence-electron chi connectivity index (χ1n) is 10.5. The molecule has 2 aromatic carbocycles. The number of benzene rings is 2. The van der Waals surface area contributed by atoms with Crippen molar-refractivity contribution in [3.8, 4) is 11.1 Å². The van der Waals surface area contributed by atoms with E-state index in [9.17, 15) is 9.59 Å². The molecule has 0 radical (unpaired) electrons. The second-order valence-corrected chi connectivity index (χ2v) is 7.80. The van der Waals surface area contributed by atoms with Crippen LogP contribution in [0.3, 0.4) is 0 Å². The Balaban J connectivity index is 1.82. The number of carbonyl (C=O) groups is 2. The summed E-state index contributed by atoms with van der Waals surface area (Å²) in [5.74, 6) is -0.305. The summed E-state index contributed by atoms with van der Waals surface area (Å²) in [6, 6.07) is 19.2. The highest BCUT2D eigenvalue weighted by Crippen LogP contribution is 2.32. The smallest absolute Gasteiger partial charge is 0.254 e. The van der Waals surface area contributed by atoms with E-state index in [0.717, 1.165) is 27.7 Å². The van der Waals surface area contributed by atoms with Crippen LogP contribution in [0.15, 0.2) is 73.1 Å². The number of amides is 1. The van der Waals surface area contributed by atoms with E-state index >= 15 is 0 Å². The van der Waals surface area contributed by atoms with Crippen LogP contribution >= 0.6 is 0 Å². The molecule has 0 saturated carbocycles. The van der Waals surface area contributed by atoms with Crippen LogP contribution in [0.5, 0.6) is 0 Å². The molecule has 0 aliphatic carbocycles. The summed E-state index contributed by atoms with van der Waals surface area (Å²) in [7, 11) is 1.60. The maximum Gasteiger partial charge on any atom is 0.254 e. The van der Waals surface area contributed by atoms with Crippen molar-refractivity contribution in [3.05, 3.63) is 84.3 Å². The molecule has 2 heterocycles. The lowest BCUT2D eigenvalue weighted by Crippen LogP contribution is -2.19. The number of carbonyl (C=O) groups excluding carboxylic acids is 2. The van der Waals surface area contributed by atoms with E-state index in [2.05, 4.69) is 20.6 Å². The SMILES string of the molecule is CNC(=O)c1cnc2ccc(-c3ccc(C(=O)C(C)C)nc3)cc2c1Nc1ccccc1. The minimum atomic E-state index is -0.221. The number of hydrogen-bond acceptors (Lipinski definition) is 5. The van der Waals surface area contributed by atoms with Gasteiger partial charge in [0.2, 0.25) is 0 Å². The highest BCUT2D eigenvalue weighted by Gasteiger charge is 2.16. The zero-order valence-corrected chi connectivity index (χ0v) is 18.2. The molecule has 0 aliphatic heterocycles. The van der Waals surface area contributed by atoms with Gasteiger partial charge in [-0.1, -0.05) is 44.2 Å². The van der Waals surface area contributed by atoms with Crippen LogP contribution < -0.4 is 10.6 Å². The Morgan fingerprint density at radius 1 is 0.875 bits per heavy atom. The van der Waals surface area contributed by atoms with Gasteiger partial charge in [0.05, 0.1) is 16.8 Å². The van der Waals surface area contributed by atoms with Gasteiger partial charge in [0.25, 0.3) is 5.91 Å². The van der Waals surface area contributed by atoms with E-state index in [-0.39, 0.29) is 17.6 Å². The molecule has 0 unspecified atom stereocenters. The second-order valence-electron chi connectivity index (χ2n) is 7.80. The zero-order chi connectivity index (χ0) is 22.7. The molecule has 1 amide bonds. The van der Waals surface area contributed by atoms with Crippen molar-refractivity contribution in [2.24, 2.45) is 5.92 Å². The molecule has 0 fully saturated rings. The van der Waals surface area contributed by atoms with Gasteiger partial charge in [-0.25, -0.2) is 0 Å². The number of aromatic nitrogens is 2. The molecule has 0 aliphatic rings. The van der Waals surface area contributed by atoms with Crippen LogP contribution in [0.25, 0.3) is 22.0 Å². The van der Waals surface area contributed by atoms with E-state index in [0.29, 0.717) is 16.9 Å². The van der Waals surface area contributed by atoms with Gasteiger partial charge >= 0.3 is 0 Å². The lowest BCUT2D eigenvalue weighted by molar-refractivity contribution is 0.0932. The van der Waals surface area contributed by atoms with E-state index in [4.69, 9.17) is 0 Å². The summed E-state index contributed by atoms with van der Waals surface area (Å²) >= 11 is 0. The molecular weight excluding hydrogens is 400 g/mol. The summed E-state index contributed by atoms with van der Waals surface area (Å²) in [6.07, 6.45) is 3.29. The van der Waals surface area contributed by atoms with Gasteiger partial charge in [0.15, 0.2) is 5.78 Å². The summed E-state index contributed by atoms with van der Waals surface area (Å²) < 4.78 is 0. The van der Waals surface area contributed by atoms with Crippen LogP contribution in [0.1, 0.15) is 34.7 Å². The van der Waals surface area contributed by atoms with Crippen molar-refractivity contribution >= 4 is 34.0 Å². The minimum absolute atomic E-state index is 0.0174. The average Bonchev–Trinajstić information content (AvgIpc) is 2.83. The molecule has 2 aromatic heterocycles. The van der Waals surface area contributed by atoms with E-state index in [1.54, 1.807) is 25.5 Å². The molecule has 0 spiro atoms. The molecule has 0 bridgehead atoms. The van der Waals surface area contributed by atoms with Crippen molar-refractivity contribution in [3.63, 3.8) is 0 Å². The summed E-state index contributed by atoms with van der Waals surface area (Å²) in [6.45, 7) is 3.72. The van der Waals surface area contributed by atoms with Crippen molar-refractivity contribution in [2.45, 2.75) is 13.8 Å². The Morgan fingerprint density at radius 3 is 2.28 bits per heavy atom. The quantitative estimate of drug-likeness (QED) is 0.414. The van der Waals surface area contributed by atoms with Gasteiger partial charge < -0.3 is 10.6 Å². The number of hydrogen-bond donors (Lipinski definition) is 2. The second kappa shape index (κ2) is 8.98. The molecule has 0 saturated heterocycles. The van der Waals surface area contributed by atoms with Crippen molar-refractivity contribution in [1.82, 2.24) is 15.3 Å². The molecule has 2 N–H and O–H groups in total. The number of nitrogens with one attached hydrogen (secondary N) is 2. The summed E-state index contributed by atoms with van der Waals surface area (Å²) in [4.78, 5) is 33.6. The molecule has 4 rings (SSSR count). The number of fused-ring (bicyclic) bond motifs is 1. The van der Waals surface area contributed by atoms with Crippen LogP contribution in [0, 0.1) is 5.92 Å². The van der Waals surface area contributed by atoms with Gasteiger partial charge in [-0.05, 0) is 35.9 Å². The van der Waals surface area contributed by atoms with Crippen molar-refractivity contribution < 1.29 is 9.59 Å². The molecular formula is C26H24N4O2. The fourth-order valence-electron chi connectivity index (χ4n) is 3.49. The standard InChI is InChI=1S/C26H24N4O2/c1-16(2)25(31)23-12-10-18(14-28-23)17-9-11-22-20(13-17)24(21(15-29-22)26(32)27-3)30-19-7-5-4-6-8-19/h4-16H,1-3H3,(H,27,32)(H,29,30). The van der Waals surface area contributed by atoms with Crippen LogP contribution in [0.4, 0.5) is 11.4 Å². The number of ketones is 1. The van der Waals surface area contributed by atoms with Gasteiger partial charge in [0.1, 0.15) is 5.69 Å². The number of anilines is 2. The minimum Gasteiger partial charge on any atom is -0.355 e.